The molecule has 27 heavy (non-hydrogen) atoms. The molecule has 3 aromatic rings. The van der Waals surface area contributed by atoms with E-state index in [4.69, 9.17) is 5.73 Å². The summed E-state index contributed by atoms with van der Waals surface area (Å²) >= 11 is 1.13. The van der Waals surface area contributed by atoms with Crippen LogP contribution in [0.2, 0.25) is 0 Å². The SMILES string of the molecule is CCC(CO)Nc1nc(SCc2cccc(F)c2F)nc2nc(N)cnc12. The number of rotatable bonds is 7. The lowest BCUT2D eigenvalue weighted by Gasteiger charge is -2.16. The molecule has 0 saturated heterocycles. The predicted molar refractivity (Wildman–Crippen MR) is 100 cm³/mol. The molecule has 4 N–H and O–H groups in total. The van der Waals surface area contributed by atoms with Crippen LogP contribution in [0.4, 0.5) is 20.4 Å². The largest absolute Gasteiger partial charge is 0.394 e. The lowest BCUT2D eigenvalue weighted by atomic mass is 10.2. The number of benzene rings is 1. The van der Waals surface area contributed by atoms with E-state index in [0.717, 1.165) is 17.8 Å². The van der Waals surface area contributed by atoms with Gasteiger partial charge in [-0.2, -0.15) is 0 Å². The van der Waals surface area contributed by atoms with Gasteiger partial charge in [-0.15, -0.1) is 0 Å². The second kappa shape index (κ2) is 8.40. The molecule has 0 bridgehead atoms. The number of aromatic nitrogens is 4. The van der Waals surface area contributed by atoms with Gasteiger partial charge in [-0.1, -0.05) is 30.8 Å². The second-order valence-electron chi connectivity index (χ2n) is 5.76. The third-order valence-electron chi connectivity index (χ3n) is 3.85. The molecular formula is C17H18F2N6OS. The molecule has 0 radical (unpaired) electrons. The Morgan fingerprint density at radius 1 is 1.26 bits per heavy atom. The van der Waals surface area contributed by atoms with E-state index in [1.807, 2.05) is 6.92 Å². The van der Waals surface area contributed by atoms with Crippen LogP contribution < -0.4 is 11.1 Å². The molecule has 0 aliphatic carbocycles. The van der Waals surface area contributed by atoms with Crippen molar-refractivity contribution in [2.24, 2.45) is 0 Å². The molecule has 7 nitrogen and oxygen atoms in total. The van der Waals surface area contributed by atoms with Crippen molar-refractivity contribution in [1.29, 1.82) is 0 Å². The summed E-state index contributed by atoms with van der Waals surface area (Å²) < 4.78 is 27.2. The van der Waals surface area contributed by atoms with Crippen molar-refractivity contribution in [2.75, 3.05) is 17.7 Å². The van der Waals surface area contributed by atoms with Crippen LogP contribution >= 0.6 is 11.8 Å². The van der Waals surface area contributed by atoms with Crippen LogP contribution in [0.25, 0.3) is 11.2 Å². The Hall–Kier alpha value is -2.59. The van der Waals surface area contributed by atoms with Crippen molar-refractivity contribution >= 4 is 34.6 Å². The Morgan fingerprint density at radius 3 is 2.81 bits per heavy atom. The number of nitrogen functional groups attached to an aromatic ring is 1. The number of aliphatic hydroxyl groups is 1. The maximum atomic E-state index is 13.8. The summed E-state index contributed by atoms with van der Waals surface area (Å²) in [6.45, 7) is 1.84. The van der Waals surface area contributed by atoms with Crippen LogP contribution in [0.15, 0.2) is 29.6 Å². The van der Waals surface area contributed by atoms with Gasteiger partial charge in [0.25, 0.3) is 0 Å². The van der Waals surface area contributed by atoms with E-state index in [-0.39, 0.29) is 35.4 Å². The van der Waals surface area contributed by atoms with Gasteiger partial charge in [-0.05, 0) is 12.5 Å². The number of halogens is 2. The maximum Gasteiger partial charge on any atom is 0.192 e. The first-order chi connectivity index (χ1) is 13.0. The molecule has 0 spiro atoms. The minimum atomic E-state index is -0.901. The zero-order valence-electron chi connectivity index (χ0n) is 14.5. The van der Waals surface area contributed by atoms with Crippen LogP contribution in [0.1, 0.15) is 18.9 Å². The lowest BCUT2D eigenvalue weighted by molar-refractivity contribution is 0.271. The van der Waals surface area contributed by atoms with Crippen LogP contribution in [0, 0.1) is 11.6 Å². The van der Waals surface area contributed by atoms with Gasteiger partial charge in [-0.3, -0.25) is 0 Å². The van der Waals surface area contributed by atoms with Gasteiger partial charge >= 0.3 is 0 Å². The third-order valence-corrected chi connectivity index (χ3v) is 4.74. The van der Waals surface area contributed by atoms with Crippen molar-refractivity contribution in [3.8, 4) is 0 Å². The summed E-state index contributed by atoms with van der Waals surface area (Å²) in [6, 6.07) is 3.79. The maximum absolute atomic E-state index is 13.8. The highest BCUT2D eigenvalue weighted by molar-refractivity contribution is 7.98. The molecule has 0 aliphatic heterocycles. The minimum Gasteiger partial charge on any atom is -0.394 e. The van der Waals surface area contributed by atoms with E-state index in [1.165, 1.54) is 18.3 Å². The quantitative estimate of drug-likeness (QED) is 0.416. The lowest BCUT2D eigenvalue weighted by Crippen LogP contribution is -2.23. The van der Waals surface area contributed by atoms with Gasteiger partial charge in [0.05, 0.1) is 18.8 Å². The molecule has 10 heteroatoms. The smallest absolute Gasteiger partial charge is 0.192 e. The highest BCUT2D eigenvalue weighted by Crippen LogP contribution is 2.26. The normalized spacial score (nSPS) is 12.3. The van der Waals surface area contributed by atoms with Crippen molar-refractivity contribution < 1.29 is 13.9 Å². The Balaban J connectivity index is 1.93. The van der Waals surface area contributed by atoms with Crippen molar-refractivity contribution in [2.45, 2.75) is 30.3 Å². The average molecular weight is 392 g/mol. The monoisotopic (exact) mass is 392 g/mol. The number of thioether (sulfide) groups is 1. The van der Waals surface area contributed by atoms with E-state index < -0.39 is 11.6 Å². The van der Waals surface area contributed by atoms with Crippen molar-refractivity contribution in [3.63, 3.8) is 0 Å². The number of hydrogen-bond donors (Lipinski definition) is 3. The molecule has 3 rings (SSSR count). The molecule has 142 valence electrons. The minimum absolute atomic E-state index is 0.0820. The zero-order valence-corrected chi connectivity index (χ0v) is 15.3. The van der Waals surface area contributed by atoms with E-state index >= 15 is 0 Å². The Labute approximate surface area is 158 Å². The molecular weight excluding hydrogens is 374 g/mol. The first-order valence-corrected chi connectivity index (χ1v) is 9.23. The number of nitrogens with two attached hydrogens (primary N) is 1. The molecule has 0 aliphatic rings. The molecule has 0 saturated carbocycles. The number of hydrogen-bond acceptors (Lipinski definition) is 8. The Kier molecular flexibility index (Phi) is 5.97. The van der Waals surface area contributed by atoms with Crippen LogP contribution in [-0.4, -0.2) is 37.7 Å². The summed E-state index contributed by atoms with van der Waals surface area (Å²) in [7, 11) is 0. The topological polar surface area (TPSA) is 110 Å². The summed E-state index contributed by atoms with van der Waals surface area (Å²) in [5.41, 5.74) is 6.59. The van der Waals surface area contributed by atoms with Crippen LogP contribution in [0.5, 0.6) is 0 Å². The highest BCUT2D eigenvalue weighted by Gasteiger charge is 2.15. The van der Waals surface area contributed by atoms with Crippen molar-refractivity contribution in [1.82, 2.24) is 19.9 Å². The summed E-state index contributed by atoms with van der Waals surface area (Å²) in [4.78, 5) is 17.1. The van der Waals surface area contributed by atoms with Crippen molar-refractivity contribution in [3.05, 3.63) is 41.6 Å². The second-order valence-corrected chi connectivity index (χ2v) is 6.70. The number of nitrogens with zero attached hydrogens (tertiary/aromatic N) is 4. The standard InChI is InChI=1S/C17H18F2N6OS/c1-2-10(7-26)22-15-14-16(23-12(20)6-21-14)25-17(24-15)27-8-9-4-3-5-11(18)13(9)19/h3-6,10,26H,2,7-8H2,1H3,(H3,20,22,23,24,25). The van der Waals surface area contributed by atoms with Gasteiger partial charge < -0.3 is 16.2 Å². The van der Waals surface area contributed by atoms with Gasteiger partial charge in [0, 0.05) is 11.3 Å². The van der Waals surface area contributed by atoms with E-state index in [9.17, 15) is 13.9 Å². The van der Waals surface area contributed by atoms with Gasteiger partial charge in [0.15, 0.2) is 33.8 Å². The fourth-order valence-corrected chi connectivity index (χ4v) is 3.15. The number of fused-ring (bicyclic) bond motifs is 1. The first kappa shape index (κ1) is 19.2. The molecule has 1 aromatic carbocycles. The zero-order chi connectivity index (χ0) is 19.4. The Bertz CT molecular complexity index is 954. The van der Waals surface area contributed by atoms with Crippen LogP contribution in [0.3, 0.4) is 0 Å². The van der Waals surface area contributed by atoms with Gasteiger partial charge in [0.2, 0.25) is 0 Å². The van der Waals surface area contributed by atoms with E-state index in [1.54, 1.807) is 0 Å². The average Bonchev–Trinajstić information content (AvgIpc) is 2.66. The molecule has 2 heterocycles. The fraction of sp³-hybridized carbons (Fsp3) is 0.294. The van der Waals surface area contributed by atoms with Gasteiger partial charge in [0.1, 0.15) is 5.82 Å². The van der Waals surface area contributed by atoms with Gasteiger partial charge in [-0.25, -0.2) is 28.7 Å². The Morgan fingerprint density at radius 2 is 2.07 bits per heavy atom. The molecule has 2 aromatic heterocycles. The summed E-state index contributed by atoms with van der Waals surface area (Å²) in [5.74, 6) is -1.05. The molecule has 0 fully saturated rings. The molecule has 1 atom stereocenters. The summed E-state index contributed by atoms with van der Waals surface area (Å²) in [6.07, 6.45) is 2.06. The number of nitrogens with one attached hydrogen (secondary N) is 1. The third kappa shape index (κ3) is 4.40. The molecule has 1 unspecified atom stereocenters. The fourth-order valence-electron chi connectivity index (χ4n) is 2.34. The van der Waals surface area contributed by atoms with Crippen LogP contribution in [-0.2, 0) is 5.75 Å². The van der Waals surface area contributed by atoms with E-state index in [0.29, 0.717) is 22.9 Å². The van der Waals surface area contributed by atoms with E-state index in [2.05, 4.69) is 25.3 Å². The highest BCUT2D eigenvalue weighted by atomic mass is 32.2. The molecule has 0 amide bonds. The number of aliphatic hydroxyl groups excluding tert-OH is 1. The first-order valence-electron chi connectivity index (χ1n) is 8.25. The summed E-state index contributed by atoms with van der Waals surface area (Å²) in [5, 5.41) is 12.9. The predicted octanol–water partition coefficient (Wildman–Crippen LogP) is 2.76. The number of anilines is 2.